The number of likely N-dealkylation sites (N-methyl/N-ethyl adjacent to an activating group) is 1. The Morgan fingerprint density at radius 2 is 1.75 bits per heavy atom. The van der Waals surface area contributed by atoms with Crippen LogP contribution in [0, 0.1) is 17.5 Å². The molecule has 0 aliphatic rings. The molecule has 2 aromatic carbocycles. The number of halogens is 4. The summed E-state index contributed by atoms with van der Waals surface area (Å²) in [5.74, 6) is -4.83. The first kappa shape index (κ1) is 18.5. The highest BCUT2D eigenvalue weighted by Crippen LogP contribution is 2.20. The molecule has 0 fully saturated rings. The molecule has 24 heavy (non-hydrogen) atoms. The topological polar surface area (TPSA) is 32.3 Å². The number of nitrogens with zero attached hydrogens (tertiary/aromatic N) is 1. The molecule has 0 spiro atoms. The normalized spacial score (nSPS) is 12.3. The van der Waals surface area contributed by atoms with E-state index in [1.54, 1.807) is 18.9 Å². The van der Waals surface area contributed by atoms with Crippen LogP contribution in [0.4, 0.5) is 18.9 Å². The van der Waals surface area contributed by atoms with Crippen molar-refractivity contribution in [3.8, 4) is 0 Å². The van der Waals surface area contributed by atoms with Gasteiger partial charge in [-0.3, -0.25) is 9.69 Å². The number of amides is 1. The largest absolute Gasteiger partial charge is 0.322 e. The number of nitrogens with one attached hydrogen (secondary N) is 1. The van der Waals surface area contributed by atoms with E-state index in [2.05, 4.69) is 21.2 Å². The Labute approximate surface area is 146 Å². The molecule has 0 saturated carbocycles. The van der Waals surface area contributed by atoms with Crippen molar-refractivity contribution in [1.82, 2.24) is 4.90 Å². The quantitative estimate of drug-likeness (QED) is 0.757. The first-order chi connectivity index (χ1) is 11.3. The Hall–Kier alpha value is -1.86. The van der Waals surface area contributed by atoms with Crippen LogP contribution in [0.15, 0.2) is 40.9 Å². The van der Waals surface area contributed by atoms with Crippen LogP contribution in [0.2, 0.25) is 0 Å². The number of anilines is 1. The van der Waals surface area contributed by atoms with Gasteiger partial charge in [0.15, 0.2) is 17.5 Å². The second-order valence-electron chi connectivity index (χ2n) is 5.43. The van der Waals surface area contributed by atoms with Crippen molar-refractivity contribution in [2.75, 3.05) is 12.4 Å². The number of benzene rings is 2. The molecule has 2 aromatic rings. The Kier molecular flexibility index (Phi) is 6.01. The van der Waals surface area contributed by atoms with Crippen molar-refractivity contribution in [1.29, 1.82) is 0 Å². The fraction of sp³-hybridized carbons (Fsp3) is 0.235. The third kappa shape index (κ3) is 4.36. The zero-order valence-electron chi connectivity index (χ0n) is 13.1. The molecule has 0 aromatic heterocycles. The van der Waals surface area contributed by atoms with E-state index >= 15 is 0 Å². The van der Waals surface area contributed by atoms with Crippen molar-refractivity contribution in [3.63, 3.8) is 0 Å². The molecule has 0 unspecified atom stereocenters. The average Bonchev–Trinajstić information content (AvgIpc) is 2.56. The lowest BCUT2D eigenvalue weighted by Crippen LogP contribution is -2.39. The van der Waals surface area contributed by atoms with E-state index in [0.29, 0.717) is 6.54 Å². The smallest absolute Gasteiger partial charge is 0.241 e. The maximum Gasteiger partial charge on any atom is 0.241 e. The maximum absolute atomic E-state index is 13.6. The summed E-state index contributed by atoms with van der Waals surface area (Å²) in [6.45, 7) is 2.15. The number of carbonyl (C=O) groups is 1. The van der Waals surface area contributed by atoms with Crippen LogP contribution >= 0.6 is 15.9 Å². The molecule has 0 radical (unpaired) electrons. The van der Waals surface area contributed by atoms with E-state index < -0.39 is 29.4 Å². The van der Waals surface area contributed by atoms with Crippen molar-refractivity contribution in [2.45, 2.75) is 19.5 Å². The summed E-state index contributed by atoms with van der Waals surface area (Å²) in [7, 11) is 1.74. The number of carbonyl (C=O) groups excluding carboxylic acids is 1. The summed E-state index contributed by atoms with van der Waals surface area (Å²) in [4.78, 5) is 14.0. The van der Waals surface area contributed by atoms with Crippen LogP contribution in [0.25, 0.3) is 0 Å². The molecule has 1 atom stereocenters. The van der Waals surface area contributed by atoms with Crippen LogP contribution in [0.1, 0.15) is 12.5 Å². The van der Waals surface area contributed by atoms with Gasteiger partial charge in [-0.05, 0) is 43.8 Å². The number of rotatable bonds is 5. The van der Waals surface area contributed by atoms with Gasteiger partial charge in [0, 0.05) is 11.0 Å². The highest BCUT2D eigenvalue weighted by Gasteiger charge is 2.21. The molecule has 2 rings (SSSR count). The zero-order valence-corrected chi connectivity index (χ0v) is 14.7. The second-order valence-corrected chi connectivity index (χ2v) is 6.35. The third-order valence-corrected chi connectivity index (χ3v) is 4.21. The molecule has 0 heterocycles. The van der Waals surface area contributed by atoms with Gasteiger partial charge in [0.05, 0.1) is 11.7 Å². The van der Waals surface area contributed by atoms with Gasteiger partial charge < -0.3 is 5.32 Å². The molecule has 3 nitrogen and oxygen atoms in total. The minimum atomic E-state index is -1.61. The zero-order chi connectivity index (χ0) is 17.9. The predicted molar refractivity (Wildman–Crippen MR) is 90.0 cm³/mol. The molecular formula is C17H16BrF3N2O. The summed E-state index contributed by atoms with van der Waals surface area (Å²) < 4.78 is 40.7. The first-order valence-corrected chi connectivity index (χ1v) is 7.98. The van der Waals surface area contributed by atoms with Crippen molar-refractivity contribution >= 4 is 27.5 Å². The van der Waals surface area contributed by atoms with Gasteiger partial charge >= 0.3 is 0 Å². The number of hydrogen-bond acceptors (Lipinski definition) is 2. The summed E-state index contributed by atoms with van der Waals surface area (Å²) in [5.41, 5.74) is 0.613. The van der Waals surface area contributed by atoms with Crippen LogP contribution in [0.3, 0.4) is 0 Å². The van der Waals surface area contributed by atoms with E-state index in [9.17, 15) is 18.0 Å². The Balaban J connectivity index is 2.03. The molecule has 0 bridgehead atoms. The van der Waals surface area contributed by atoms with Gasteiger partial charge in [-0.25, -0.2) is 13.2 Å². The Bertz CT molecular complexity index is 737. The van der Waals surface area contributed by atoms with Crippen LogP contribution in [-0.2, 0) is 11.3 Å². The minimum Gasteiger partial charge on any atom is -0.322 e. The average molecular weight is 401 g/mol. The highest BCUT2D eigenvalue weighted by atomic mass is 79.9. The maximum atomic E-state index is 13.6. The van der Waals surface area contributed by atoms with Crippen molar-refractivity contribution < 1.29 is 18.0 Å². The van der Waals surface area contributed by atoms with Gasteiger partial charge in [0.25, 0.3) is 0 Å². The molecule has 1 amide bonds. The fourth-order valence-electron chi connectivity index (χ4n) is 2.07. The van der Waals surface area contributed by atoms with Crippen molar-refractivity contribution in [2.24, 2.45) is 0 Å². The highest BCUT2D eigenvalue weighted by molar-refractivity contribution is 9.10. The Morgan fingerprint density at radius 3 is 2.38 bits per heavy atom. The molecule has 0 saturated heterocycles. The summed E-state index contributed by atoms with van der Waals surface area (Å²) in [6.07, 6.45) is 0. The van der Waals surface area contributed by atoms with E-state index in [1.807, 2.05) is 24.3 Å². The van der Waals surface area contributed by atoms with E-state index in [-0.39, 0.29) is 5.69 Å². The molecular weight excluding hydrogens is 385 g/mol. The summed E-state index contributed by atoms with van der Waals surface area (Å²) >= 11 is 3.35. The van der Waals surface area contributed by atoms with E-state index in [0.717, 1.165) is 22.2 Å². The molecule has 0 aliphatic heterocycles. The molecule has 7 heteroatoms. The van der Waals surface area contributed by atoms with Gasteiger partial charge in [0.2, 0.25) is 5.91 Å². The van der Waals surface area contributed by atoms with Crippen LogP contribution in [-0.4, -0.2) is 23.9 Å². The lowest BCUT2D eigenvalue weighted by molar-refractivity contribution is -0.120. The standard InChI is InChI=1S/C17H16BrF3N2O/c1-10(23(2)9-11-3-5-12(18)6-4-11)17(24)22-14-8-7-13(19)15(20)16(14)21/h3-8,10H,9H2,1-2H3,(H,22,24)/t10-/m1/s1. The number of hydrogen-bond donors (Lipinski definition) is 1. The van der Waals surface area contributed by atoms with Crippen molar-refractivity contribution in [3.05, 3.63) is 63.9 Å². The fourth-order valence-corrected chi connectivity index (χ4v) is 2.34. The van der Waals surface area contributed by atoms with Gasteiger partial charge in [-0.2, -0.15) is 0 Å². The SMILES string of the molecule is C[C@H](C(=O)Nc1ccc(F)c(F)c1F)N(C)Cc1ccc(Br)cc1. The first-order valence-electron chi connectivity index (χ1n) is 7.18. The van der Waals surface area contributed by atoms with Crippen LogP contribution in [0.5, 0.6) is 0 Å². The second kappa shape index (κ2) is 7.81. The van der Waals surface area contributed by atoms with Crippen LogP contribution < -0.4 is 5.32 Å². The van der Waals surface area contributed by atoms with E-state index in [4.69, 9.17) is 0 Å². The minimum absolute atomic E-state index is 0.386. The third-order valence-electron chi connectivity index (χ3n) is 3.68. The lowest BCUT2D eigenvalue weighted by Gasteiger charge is -2.24. The summed E-state index contributed by atoms with van der Waals surface area (Å²) in [5, 5.41) is 2.28. The van der Waals surface area contributed by atoms with Gasteiger partial charge in [-0.15, -0.1) is 0 Å². The Morgan fingerprint density at radius 1 is 1.12 bits per heavy atom. The van der Waals surface area contributed by atoms with E-state index in [1.165, 1.54) is 0 Å². The molecule has 128 valence electrons. The van der Waals surface area contributed by atoms with Gasteiger partial charge in [0.1, 0.15) is 0 Å². The van der Waals surface area contributed by atoms with Gasteiger partial charge in [-0.1, -0.05) is 28.1 Å². The lowest BCUT2D eigenvalue weighted by atomic mass is 10.2. The molecule has 1 N–H and O–H groups in total. The summed E-state index contributed by atoms with van der Waals surface area (Å²) in [6, 6.07) is 8.79. The predicted octanol–water partition coefficient (Wildman–Crippen LogP) is 4.33. The molecule has 0 aliphatic carbocycles. The monoisotopic (exact) mass is 400 g/mol.